The highest BCUT2D eigenvalue weighted by Crippen LogP contribution is 2.67. The second kappa shape index (κ2) is 7.63. The number of aromatic nitrogens is 1. The van der Waals surface area contributed by atoms with Gasteiger partial charge in [0.15, 0.2) is 0 Å². The minimum absolute atomic E-state index is 0.119. The summed E-state index contributed by atoms with van der Waals surface area (Å²) in [6.45, 7) is 2.03. The number of fused-ring (bicyclic) bond motifs is 3. The summed E-state index contributed by atoms with van der Waals surface area (Å²) in [6, 6.07) is 8.67. The van der Waals surface area contributed by atoms with E-state index in [4.69, 9.17) is 9.05 Å². The average molecular weight is 433 g/mol. The molecule has 0 unspecified atom stereocenters. The van der Waals surface area contributed by atoms with Crippen LogP contribution in [0.1, 0.15) is 25.1 Å². The largest absolute Gasteiger partial charge is 0.416 e. The molecule has 0 aliphatic carbocycles. The summed E-state index contributed by atoms with van der Waals surface area (Å²) in [5.41, 5.74) is -6.36. The molecule has 10 heteroatoms. The normalized spacial score (nSPS) is 13.3. The number of nitrogens with zero attached hydrogens (tertiary/aromatic N) is 1. The van der Waals surface area contributed by atoms with Crippen molar-refractivity contribution in [2.24, 2.45) is 0 Å². The van der Waals surface area contributed by atoms with Gasteiger partial charge in [-0.1, -0.05) is 24.3 Å². The molecule has 0 aliphatic rings. The first-order valence-electron chi connectivity index (χ1n) is 8.72. The fourth-order valence-electron chi connectivity index (χ4n) is 3.03. The Bertz CT molecular complexity index is 1090. The van der Waals surface area contributed by atoms with Crippen LogP contribution in [0.2, 0.25) is 0 Å². The Labute approximate surface area is 163 Å². The van der Waals surface area contributed by atoms with Crippen LogP contribution in [0.25, 0.3) is 21.7 Å². The highest BCUT2D eigenvalue weighted by molar-refractivity contribution is 7.54. The number of para-hydroxylation sites is 1. The summed E-state index contributed by atoms with van der Waals surface area (Å²) in [7, 11) is -5.06. The average Bonchev–Trinajstić information content (AvgIpc) is 2.66. The van der Waals surface area contributed by atoms with Gasteiger partial charge < -0.3 is 9.05 Å². The molecule has 0 saturated heterocycles. The molecule has 29 heavy (non-hydrogen) atoms. The van der Waals surface area contributed by atoms with Crippen molar-refractivity contribution >= 4 is 29.3 Å². The number of rotatable bonds is 6. The van der Waals surface area contributed by atoms with E-state index in [9.17, 15) is 17.7 Å². The van der Waals surface area contributed by atoms with Gasteiger partial charge in [-0.2, -0.15) is 22.0 Å². The van der Waals surface area contributed by atoms with Crippen LogP contribution < -0.4 is 0 Å². The lowest BCUT2D eigenvalue weighted by molar-refractivity contribution is -0.137. The Hall–Kier alpha value is -2.09. The van der Waals surface area contributed by atoms with Gasteiger partial charge in [0.1, 0.15) is 5.69 Å². The third-order valence-corrected chi connectivity index (χ3v) is 6.35. The molecule has 1 aromatic heterocycles. The van der Waals surface area contributed by atoms with Gasteiger partial charge in [0.05, 0.1) is 24.3 Å². The monoisotopic (exact) mass is 433 g/mol. The van der Waals surface area contributed by atoms with Crippen LogP contribution in [-0.2, 0) is 25.5 Å². The first kappa shape index (κ1) is 21.6. The van der Waals surface area contributed by atoms with Crippen LogP contribution in [0.15, 0.2) is 42.5 Å². The number of hydrogen-bond acceptors (Lipinski definition) is 4. The third-order valence-electron chi connectivity index (χ3n) is 4.26. The van der Waals surface area contributed by atoms with E-state index in [-0.39, 0.29) is 24.1 Å². The van der Waals surface area contributed by atoms with E-state index in [1.54, 1.807) is 18.2 Å². The SMILES string of the molecule is CCOP(=O)(OCC)C(F)(F)c1nc2ccccc2c2ccc(C(F)(F)F)cc12. The molecule has 0 saturated carbocycles. The zero-order valence-electron chi connectivity index (χ0n) is 15.5. The van der Waals surface area contributed by atoms with Crippen molar-refractivity contribution in [2.75, 3.05) is 13.2 Å². The van der Waals surface area contributed by atoms with Gasteiger partial charge in [-0.25, -0.2) is 4.98 Å². The van der Waals surface area contributed by atoms with Gasteiger partial charge in [0.2, 0.25) is 0 Å². The lowest BCUT2D eigenvalue weighted by Crippen LogP contribution is -2.20. The first-order valence-corrected chi connectivity index (χ1v) is 10.3. The molecule has 3 aromatic rings. The fraction of sp³-hybridized carbons (Fsp3) is 0.316. The predicted octanol–water partition coefficient (Wildman–Crippen LogP) is 6.72. The summed E-state index contributed by atoms with van der Waals surface area (Å²) >= 11 is 0. The molecule has 1 heterocycles. The molecule has 0 radical (unpaired) electrons. The number of halogens is 5. The Morgan fingerprint density at radius 2 is 1.52 bits per heavy atom. The highest BCUT2D eigenvalue weighted by Gasteiger charge is 2.57. The number of alkyl halides is 5. The molecule has 4 nitrogen and oxygen atoms in total. The first-order chi connectivity index (χ1) is 13.5. The molecular formula is C19H17F5NO3P. The summed E-state index contributed by atoms with van der Waals surface area (Å²) in [4.78, 5) is 3.88. The van der Waals surface area contributed by atoms with Crippen LogP contribution in [-0.4, -0.2) is 18.2 Å². The Kier molecular flexibility index (Phi) is 5.69. The standard InChI is InChI=1S/C19H17F5NO3P/c1-3-27-29(26,28-4-2)19(23,24)17-15-11-12(18(20,21)22)9-10-13(15)14-7-5-6-8-16(14)25-17/h5-11H,3-4H2,1-2H3. The van der Waals surface area contributed by atoms with E-state index in [1.165, 1.54) is 19.9 Å². The van der Waals surface area contributed by atoms with E-state index in [1.807, 2.05) is 0 Å². The van der Waals surface area contributed by atoms with Gasteiger partial charge in [-0.15, -0.1) is 0 Å². The van der Waals surface area contributed by atoms with E-state index in [0.717, 1.165) is 12.1 Å². The predicted molar refractivity (Wildman–Crippen MR) is 99.0 cm³/mol. The van der Waals surface area contributed by atoms with Crippen molar-refractivity contribution in [1.82, 2.24) is 4.98 Å². The molecule has 3 rings (SSSR count). The van der Waals surface area contributed by atoms with Gasteiger partial charge in [-0.05, 0) is 37.4 Å². The van der Waals surface area contributed by atoms with Crippen LogP contribution in [0.3, 0.4) is 0 Å². The number of hydrogen-bond donors (Lipinski definition) is 0. The quantitative estimate of drug-likeness (QED) is 0.246. The Morgan fingerprint density at radius 1 is 0.897 bits per heavy atom. The van der Waals surface area contributed by atoms with E-state index in [2.05, 4.69) is 4.98 Å². The molecule has 0 aliphatic heterocycles. The molecule has 156 valence electrons. The van der Waals surface area contributed by atoms with Crippen molar-refractivity contribution in [3.05, 3.63) is 53.7 Å². The Morgan fingerprint density at radius 3 is 2.10 bits per heavy atom. The number of pyridine rings is 1. The minimum Gasteiger partial charge on any atom is -0.304 e. The molecule has 0 amide bonds. The maximum atomic E-state index is 15.4. The topological polar surface area (TPSA) is 48.4 Å². The van der Waals surface area contributed by atoms with Crippen molar-refractivity contribution < 1.29 is 35.6 Å². The zero-order chi connectivity index (χ0) is 21.4. The van der Waals surface area contributed by atoms with E-state index < -0.39 is 36.1 Å². The van der Waals surface area contributed by atoms with E-state index in [0.29, 0.717) is 11.5 Å². The maximum absolute atomic E-state index is 15.4. The summed E-state index contributed by atoms with van der Waals surface area (Å²) in [5.74, 6) is 0. The van der Waals surface area contributed by atoms with Gasteiger partial charge in [-0.3, -0.25) is 4.57 Å². The van der Waals surface area contributed by atoms with Crippen molar-refractivity contribution in [2.45, 2.75) is 25.7 Å². The minimum atomic E-state index is -5.06. The molecule has 0 spiro atoms. The van der Waals surface area contributed by atoms with E-state index >= 15 is 8.78 Å². The Balaban J connectivity index is 2.41. The summed E-state index contributed by atoms with van der Waals surface area (Å²) in [6.07, 6.45) is -4.75. The number of benzene rings is 2. The molecule has 0 atom stereocenters. The smallest absolute Gasteiger partial charge is 0.304 e. The zero-order valence-corrected chi connectivity index (χ0v) is 16.4. The highest BCUT2D eigenvalue weighted by atomic mass is 31.2. The van der Waals surface area contributed by atoms with Crippen LogP contribution in [0, 0.1) is 0 Å². The third kappa shape index (κ3) is 3.74. The van der Waals surface area contributed by atoms with Crippen molar-refractivity contribution in [1.29, 1.82) is 0 Å². The summed E-state index contributed by atoms with van der Waals surface area (Å²) < 4.78 is 92.9. The second-order valence-corrected chi connectivity index (χ2v) is 8.18. The van der Waals surface area contributed by atoms with Crippen molar-refractivity contribution in [3.8, 4) is 0 Å². The summed E-state index contributed by atoms with van der Waals surface area (Å²) in [5, 5.41) is 0.0411. The molecule has 2 aromatic carbocycles. The van der Waals surface area contributed by atoms with Gasteiger partial charge in [0.25, 0.3) is 0 Å². The molecule has 0 fully saturated rings. The van der Waals surface area contributed by atoms with Crippen molar-refractivity contribution in [3.63, 3.8) is 0 Å². The molecular weight excluding hydrogens is 416 g/mol. The fourth-order valence-corrected chi connectivity index (χ4v) is 4.54. The maximum Gasteiger partial charge on any atom is 0.416 e. The molecule has 0 bridgehead atoms. The van der Waals surface area contributed by atoms with Crippen LogP contribution >= 0.6 is 7.60 Å². The lowest BCUT2D eigenvalue weighted by Gasteiger charge is -2.26. The van der Waals surface area contributed by atoms with Gasteiger partial charge in [0, 0.05) is 10.8 Å². The lowest BCUT2D eigenvalue weighted by atomic mass is 10.0. The van der Waals surface area contributed by atoms with Crippen LogP contribution in [0.4, 0.5) is 22.0 Å². The second-order valence-electron chi connectivity index (χ2n) is 6.11. The van der Waals surface area contributed by atoms with Gasteiger partial charge >= 0.3 is 19.4 Å². The molecule has 0 N–H and O–H groups in total. The van der Waals surface area contributed by atoms with Crippen LogP contribution in [0.5, 0.6) is 0 Å².